The third kappa shape index (κ3) is 11.4. The number of anilines is 2. The number of benzene rings is 4. The van der Waals surface area contributed by atoms with Crippen LogP contribution in [0.25, 0.3) is 4.85 Å². The molecule has 0 saturated heterocycles. The highest BCUT2D eigenvalue weighted by atomic mass is 32.2. The van der Waals surface area contributed by atoms with Crippen LogP contribution in [0.4, 0.5) is 26.7 Å². The Balaban J connectivity index is 0.000000270. The van der Waals surface area contributed by atoms with Gasteiger partial charge in [-0.15, -0.1) is 0 Å². The van der Waals surface area contributed by atoms with E-state index in [9.17, 15) is 26.4 Å². The zero-order valence-corrected chi connectivity index (χ0v) is 30.3. The van der Waals surface area contributed by atoms with E-state index in [-0.39, 0.29) is 19.6 Å². The smallest absolute Gasteiger partial charge is 0.412 e. The molecule has 0 spiro atoms. The van der Waals surface area contributed by atoms with Gasteiger partial charge in [-0.3, -0.25) is 10.6 Å². The molecule has 264 valence electrons. The summed E-state index contributed by atoms with van der Waals surface area (Å²) < 4.78 is 65.6. The first-order valence-electron chi connectivity index (χ1n) is 15.1. The van der Waals surface area contributed by atoms with Crippen molar-refractivity contribution in [1.29, 1.82) is 0 Å². The van der Waals surface area contributed by atoms with Crippen molar-refractivity contribution in [3.05, 3.63) is 108 Å². The second-order valence-corrected chi connectivity index (χ2v) is 16.5. The molecular weight excluding hydrogens is 683 g/mol. The fourth-order valence-corrected chi connectivity index (χ4v) is 6.53. The highest BCUT2D eigenvalue weighted by Crippen LogP contribution is 2.26. The van der Waals surface area contributed by atoms with E-state index in [0.29, 0.717) is 22.8 Å². The Morgan fingerprint density at radius 1 is 0.560 bits per heavy atom. The molecule has 0 atom stereocenters. The number of methoxy groups -OCH3 is 1. The number of carbonyl (C=O) groups is 2. The standard InChI is InChI=1S/C18H18N2O4S.C18H21NO5S/c1-18(2,3)24-17(21)20-14-7-11-16(12-8-14)25(22,23)15-9-5-13(19-4)6-10-15;1-18(2,3)24-17(20)19-13-5-9-15(10-6-13)25(21,22)16-11-7-14(23-4)8-12-16/h5-12H,1-3H3,(H,20,21);5-12H,1-4H3,(H,19,20). The molecule has 0 aromatic heterocycles. The number of ether oxygens (including phenoxy) is 3. The number of amides is 2. The van der Waals surface area contributed by atoms with E-state index in [1.54, 1.807) is 53.7 Å². The van der Waals surface area contributed by atoms with E-state index in [1.807, 2.05) is 0 Å². The first-order valence-corrected chi connectivity index (χ1v) is 18.0. The van der Waals surface area contributed by atoms with Gasteiger partial charge < -0.3 is 14.2 Å². The Morgan fingerprint density at radius 3 is 1.14 bits per heavy atom. The summed E-state index contributed by atoms with van der Waals surface area (Å²) in [5.41, 5.74) is 0.0161. The van der Waals surface area contributed by atoms with Gasteiger partial charge in [-0.05, 0) is 114 Å². The van der Waals surface area contributed by atoms with Crippen LogP contribution in [0.1, 0.15) is 41.5 Å². The van der Waals surface area contributed by atoms with E-state index >= 15 is 0 Å². The normalized spacial score (nSPS) is 11.6. The summed E-state index contributed by atoms with van der Waals surface area (Å²) in [6.45, 7) is 17.4. The Morgan fingerprint density at radius 2 is 0.860 bits per heavy atom. The molecule has 4 aromatic rings. The molecule has 0 aliphatic carbocycles. The van der Waals surface area contributed by atoms with Crippen LogP contribution in [0.5, 0.6) is 5.75 Å². The Hall–Kier alpha value is -5.39. The molecule has 4 rings (SSSR count). The Kier molecular flexibility index (Phi) is 12.4. The van der Waals surface area contributed by atoms with Crippen LogP contribution in [0, 0.1) is 6.57 Å². The van der Waals surface area contributed by atoms with Crippen molar-refractivity contribution in [2.24, 2.45) is 0 Å². The molecule has 0 heterocycles. The van der Waals surface area contributed by atoms with Gasteiger partial charge >= 0.3 is 12.2 Å². The molecule has 14 heteroatoms. The highest BCUT2D eigenvalue weighted by molar-refractivity contribution is 7.91. The zero-order valence-electron chi connectivity index (χ0n) is 28.7. The summed E-state index contributed by atoms with van der Waals surface area (Å²) in [5, 5.41) is 5.10. The molecule has 0 radical (unpaired) electrons. The maximum absolute atomic E-state index is 12.6. The molecule has 0 unspecified atom stereocenters. The van der Waals surface area contributed by atoms with E-state index in [0.717, 1.165) is 0 Å². The van der Waals surface area contributed by atoms with Gasteiger partial charge in [-0.1, -0.05) is 24.3 Å². The molecule has 0 bridgehead atoms. The van der Waals surface area contributed by atoms with Gasteiger partial charge in [0.05, 0.1) is 33.3 Å². The summed E-state index contributed by atoms with van der Waals surface area (Å²) in [7, 11) is -5.81. The number of carbonyl (C=O) groups excluding carboxylic acids is 2. The van der Waals surface area contributed by atoms with Crippen molar-refractivity contribution in [2.45, 2.75) is 72.3 Å². The molecule has 0 saturated carbocycles. The molecule has 12 nitrogen and oxygen atoms in total. The lowest BCUT2D eigenvalue weighted by Crippen LogP contribution is -2.27. The van der Waals surface area contributed by atoms with Gasteiger partial charge in [-0.25, -0.2) is 31.3 Å². The first-order chi connectivity index (χ1) is 23.2. The lowest BCUT2D eigenvalue weighted by atomic mass is 10.2. The van der Waals surface area contributed by atoms with Gasteiger partial charge in [0.25, 0.3) is 0 Å². The van der Waals surface area contributed by atoms with E-state index in [4.69, 9.17) is 20.8 Å². The topological polar surface area (TPSA) is 159 Å². The van der Waals surface area contributed by atoms with Crippen molar-refractivity contribution in [2.75, 3.05) is 17.7 Å². The minimum absolute atomic E-state index is 0.0952. The molecule has 0 aliphatic heterocycles. The van der Waals surface area contributed by atoms with Crippen LogP contribution in [-0.2, 0) is 29.1 Å². The first kappa shape index (κ1) is 39.1. The van der Waals surface area contributed by atoms with Gasteiger partial charge in [-0.2, -0.15) is 0 Å². The summed E-state index contributed by atoms with van der Waals surface area (Å²) in [6, 6.07) is 23.6. The lowest BCUT2D eigenvalue weighted by Gasteiger charge is -2.19. The molecule has 2 N–H and O–H groups in total. The van der Waals surface area contributed by atoms with Crippen molar-refractivity contribution in [3.63, 3.8) is 0 Å². The van der Waals surface area contributed by atoms with Crippen LogP contribution in [0.3, 0.4) is 0 Å². The third-order valence-electron chi connectivity index (χ3n) is 6.27. The Labute approximate surface area is 293 Å². The van der Waals surface area contributed by atoms with Gasteiger partial charge in [0.15, 0.2) is 5.69 Å². The minimum Gasteiger partial charge on any atom is -0.497 e. The van der Waals surface area contributed by atoms with Gasteiger partial charge in [0.2, 0.25) is 19.7 Å². The van der Waals surface area contributed by atoms with Crippen LogP contribution >= 0.6 is 0 Å². The monoisotopic (exact) mass is 721 g/mol. The highest BCUT2D eigenvalue weighted by Gasteiger charge is 2.21. The van der Waals surface area contributed by atoms with Crippen molar-refractivity contribution < 1.29 is 40.6 Å². The van der Waals surface area contributed by atoms with Gasteiger partial charge in [0.1, 0.15) is 17.0 Å². The summed E-state index contributed by atoms with van der Waals surface area (Å²) in [5.74, 6) is 0.579. The molecular formula is C36H39N3O9S2. The number of nitrogens with one attached hydrogen (secondary N) is 2. The largest absolute Gasteiger partial charge is 0.497 e. The van der Waals surface area contributed by atoms with Crippen LogP contribution in [0.15, 0.2) is 117 Å². The number of hydrogen-bond donors (Lipinski definition) is 2. The number of sulfone groups is 2. The zero-order chi connectivity index (χ0) is 37.3. The second kappa shape index (κ2) is 15.9. The van der Waals surface area contributed by atoms with Crippen molar-refractivity contribution >= 4 is 48.9 Å². The molecule has 2 amide bonds. The van der Waals surface area contributed by atoms with E-state index in [1.165, 1.54) is 92.0 Å². The molecule has 50 heavy (non-hydrogen) atoms. The van der Waals surface area contributed by atoms with E-state index < -0.39 is 43.1 Å². The third-order valence-corrected chi connectivity index (χ3v) is 9.84. The average Bonchev–Trinajstić information content (AvgIpc) is 3.04. The number of rotatable bonds is 7. The fourth-order valence-electron chi connectivity index (χ4n) is 4.00. The maximum atomic E-state index is 12.6. The van der Waals surface area contributed by atoms with E-state index in [2.05, 4.69) is 15.5 Å². The second-order valence-electron chi connectivity index (χ2n) is 12.6. The lowest BCUT2D eigenvalue weighted by molar-refractivity contribution is 0.0624. The number of nitrogens with zero attached hydrogens (tertiary/aromatic N) is 1. The Bertz CT molecular complexity index is 2040. The number of hydrogen-bond acceptors (Lipinski definition) is 9. The minimum atomic E-state index is -3.68. The van der Waals surface area contributed by atoms with Crippen LogP contribution in [-0.4, -0.2) is 47.3 Å². The summed E-state index contributed by atoms with van der Waals surface area (Å²) in [4.78, 5) is 27.2. The maximum Gasteiger partial charge on any atom is 0.412 e. The van der Waals surface area contributed by atoms with Crippen molar-refractivity contribution in [3.8, 4) is 5.75 Å². The van der Waals surface area contributed by atoms with Crippen molar-refractivity contribution in [1.82, 2.24) is 0 Å². The fraction of sp³-hybridized carbons (Fsp3) is 0.250. The van der Waals surface area contributed by atoms with Gasteiger partial charge in [0, 0.05) is 11.4 Å². The van der Waals surface area contributed by atoms with Crippen LogP contribution in [0.2, 0.25) is 0 Å². The average molecular weight is 722 g/mol. The predicted molar refractivity (Wildman–Crippen MR) is 189 cm³/mol. The molecule has 0 aliphatic rings. The summed E-state index contributed by atoms with van der Waals surface area (Å²) in [6.07, 6.45) is -1.21. The summed E-state index contributed by atoms with van der Waals surface area (Å²) >= 11 is 0. The molecule has 4 aromatic carbocycles. The quantitative estimate of drug-likeness (QED) is 0.179. The molecule has 0 fully saturated rings. The predicted octanol–water partition coefficient (Wildman–Crippen LogP) is 8.29. The van der Waals surface area contributed by atoms with Crippen LogP contribution < -0.4 is 15.4 Å². The SMILES string of the molecule is COc1ccc(S(=O)(=O)c2ccc(NC(=O)OC(C)(C)C)cc2)cc1.[C-]#[N+]c1ccc(S(=O)(=O)c2ccc(NC(=O)OC(C)(C)C)cc2)cc1.